The Labute approximate surface area is 136 Å². The molecule has 2 aromatic rings. The molecule has 8 heteroatoms. The van der Waals surface area contributed by atoms with Crippen LogP contribution in [0.25, 0.3) is 0 Å². The second kappa shape index (κ2) is 5.05. The van der Waals surface area contributed by atoms with Crippen LogP contribution in [0.1, 0.15) is 5.56 Å². The molecule has 2 N–H and O–H groups in total. The van der Waals surface area contributed by atoms with Gasteiger partial charge in [-0.15, -0.1) is 0 Å². The van der Waals surface area contributed by atoms with Crippen LogP contribution in [-0.2, 0) is 9.53 Å². The fourth-order valence-corrected chi connectivity index (χ4v) is 2.74. The molecule has 2 aliphatic heterocycles. The Bertz CT molecular complexity index is 881. The summed E-state index contributed by atoms with van der Waals surface area (Å²) >= 11 is 0. The van der Waals surface area contributed by atoms with Crippen LogP contribution in [-0.4, -0.2) is 29.0 Å². The fraction of sp³-hybridized carbons (Fsp3) is 0.125. The molecule has 0 saturated heterocycles. The quantitative estimate of drug-likeness (QED) is 0.650. The van der Waals surface area contributed by atoms with E-state index >= 15 is 0 Å². The average Bonchev–Trinajstić information content (AvgIpc) is 3.01. The molecule has 0 bridgehead atoms. The van der Waals surface area contributed by atoms with Gasteiger partial charge >= 0.3 is 0 Å². The number of nitrogens with one attached hydrogen (secondary N) is 2. The molecule has 120 valence electrons. The Hall–Kier alpha value is -3.42. The van der Waals surface area contributed by atoms with Crippen molar-refractivity contribution in [2.45, 2.75) is 5.66 Å². The third kappa shape index (κ3) is 2.08. The van der Waals surface area contributed by atoms with Gasteiger partial charge in [-0.05, 0) is 18.2 Å². The largest absolute Gasteiger partial charge is 0.472 e. The first-order valence-electron chi connectivity index (χ1n) is 7.24. The van der Waals surface area contributed by atoms with Gasteiger partial charge in [-0.2, -0.15) is 0 Å². The number of carbonyl (C=O) groups excluding carboxylic acids is 1. The first-order valence-corrected chi connectivity index (χ1v) is 7.24. The molecule has 8 nitrogen and oxygen atoms in total. The topological polar surface area (TPSA) is 106 Å². The van der Waals surface area contributed by atoms with Gasteiger partial charge in [0, 0.05) is 11.6 Å². The highest BCUT2D eigenvalue weighted by atomic mass is 16.6. The number of hydrogen-bond acceptors (Lipinski definition) is 6. The van der Waals surface area contributed by atoms with Gasteiger partial charge in [0.2, 0.25) is 11.6 Å². The summed E-state index contributed by atoms with van der Waals surface area (Å²) in [5.74, 6) is -0.137. The monoisotopic (exact) mass is 324 g/mol. The minimum atomic E-state index is -1.33. The minimum Gasteiger partial charge on any atom is -0.472 e. The molecule has 2 aromatic carbocycles. The van der Waals surface area contributed by atoms with Gasteiger partial charge < -0.3 is 15.4 Å². The number of para-hydroxylation sites is 1. The lowest BCUT2D eigenvalue weighted by Crippen LogP contribution is -2.52. The highest BCUT2D eigenvalue weighted by Crippen LogP contribution is 2.39. The average molecular weight is 324 g/mol. The fourth-order valence-electron chi connectivity index (χ4n) is 2.74. The molecule has 0 fully saturated rings. The zero-order valence-electron chi connectivity index (χ0n) is 12.4. The van der Waals surface area contributed by atoms with Gasteiger partial charge in [-0.3, -0.25) is 14.9 Å². The van der Waals surface area contributed by atoms with Crippen molar-refractivity contribution in [3.8, 4) is 0 Å². The molecule has 24 heavy (non-hydrogen) atoms. The number of carbonyl (C=O) groups is 1. The second-order valence-corrected chi connectivity index (χ2v) is 5.47. The van der Waals surface area contributed by atoms with Crippen molar-refractivity contribution in [3.05, 3.63) is 64.2 Å². The normalized spacial score (nSPS) is 21.3. The summed E-state index contributed by atoms with van der Waals surface area (Å²) in [4.78, 5) is 27.5. The number of hydrogen-bond donors (Lipinski definition) is 2. The number of anilines is 2. The Kier molecular flexibility index (Phi) is 2.99. The maximum absolute atomic E-state index is 12.5. The lowest BCUT2D eigenvalue weighted by molar-refractivity contribution is -0.383. The van der Waals surface area contributed by atoms with Crippen LogP contribution in [0.3, 0.4) is 0 Å². The molecule has 2 heterocycles. The van der Waals surface area contributed by atoms with E-state index in [2.05, 4.69) is 15.6 Å². The summed E-state index contributed by atoms with van der Waals surface area (Å²) in [6.07, 6.45) is 0. The molecular formula is C16H12N4O4. The molecule has 1 spiro atoms. The summed E-state index contributed by atoms with van der Waals surface area (Å²) in [6, 6.07) is 13.8. The van der Waals surface area contributed by atoms with Crippen molar-refractivity contribution in [2.24, 2.45) is 4.99 Å². The summed E-state index contributed by atoms with van der Waals surface area (Å²) in [6.45, 7) is 0.00515. The van der Waals surface area contributed by atoms with E-state index in [1.165, 1.54) is 6.07 Å². The van der Waals surface area contributed by atoms with E-state index in [9.17, 15) is 14.9 Å². The van der Waals surface area contributed by atoms with Crippen LogP contribution in [0.2, 0.25) is 0 Å². The van der Waals surface area contributed by atoms with Crippen molar-refractivity contribution < 1.29 is 14.5 Å². The standard InChI is InChI=1S/C16H12N4O4/c21-15-16(9-24-14(19-16)10-5-2-1-3-6-10)18-11-7-4-8-12(20(22)23)13(11)17-15/h1-8,18H,9H2,(H,17,21). The first-order chi connectivity index (χ1) is 11.6. The zero-order valence-corrected chi connectivity index (χ0v) is 12.4. The van der Waals surface area contributed by atoms with Crippen molar-refractivity contribution in [1.82, 2.24) is 0 Å². The van der Waals surface area contributed by atoms with Gasteiger partial charge in [0.15, 0.2) is 0 Å². The van der Waals surface area contributed by atoms with Gasteiger partial charge in [0.25, 0.3) is 11.6 Å². The van der Waals surface area contributed by atoms with Gasteiger partial charge in [0.1, 0.15) is 12.3 Å². The van der Waals surface area contributed by atoms with E-state index in [1.807, 2.05) is 30.3 Å². The first kappa shape index (κ1) is 14.2. The van der Waals surface area contributed by atoms with E-state index in [0.717, 1.165) is 5.56 Å². The molecule has 0 aliphatic carbocycles. The SMILES string of the molecule is O=C1Nc2c(cccc2[N+](=O)[O-])NC12COC(c1ccccc1)=N2. The molecule has 2 aliphatic rings. The summed E-state index contributed by atoms with van der Waals surface area (Å²) < 4.78 is 5.59. The number of rotatable bonds is 2. The van der Waals surface area contributed by atoms with Crippen LogP contribution in [0, 0.1) is 10.1 Å². The van der Waals surface area contributed by atoms with E-state index < -0.39 is 16.5 Å². The number of ether oxygens (including phenoxy) is 1. The molecular weight excluding hydrogens is 312 g/mol. The number of nitrogens with zero attached hydrogens (tertiary/aromatic N) is 2. The van der Waals surface area contributed by atoms with Crippen molar-refractivity contribution in [3.63, 3.8) is 0 Å². The summed E-state index contributed by atoms with van der Waals surface area (Å²) in [7, 11) is 0. The van der Waals surface area contributed by atoms with Crippen LogP contribution in [0.5, 0.6) is 0 Å². The third-order valence-corrected chi connectivity index (χ3v) is 3.93. The number of nitro groups is 1. The molecule has 0 aromatic heterocycles. The van der Waals surface area contributed by atoms with Gasteiger partial charge in [-0.25, -0.2) is 4.99 Å². The summed E-state index contributed by atoms with van der Waals surface area (Å²) in [5, 5.41) is 16.7. The van der Waals surface area contributed by atoms with Crippen molar-refractivity contribution >= 4 is 28.9 Å². The van der Waals surface area contributed by atoms with E-state index in [4.69, 9.17) is 4.74 Å². The molecule has 1 amide bonds. The highest BCUT2D eigenvalue weighted by molar-refractivity contribution is 6.11. The maximum atomic E-state index is 12.5. The Morgan fingerprint density at radius 2 is 1.96 bits per heavy atom. The van der Waals surface area contributed by atoms with Crippen LogP contribution >= 0.6 is 0 Å². The Balaban J connectivity index is 1.74. The van der Waals surface area contributed by atoms with Crippen molar-refractivity contribution in [2.75, 3.05) is 17.2 Å². The lowest BCUT2D eigenvalue weighted by Gasteiger charge is -2.31. The predicted octanol–water partition coefficient (Wildman–Crippen LogP) is 2.13. The van der Waals surface area contributed by atoms with Crippen LogP contribution in [0.15, 0.2) is 53.5 Å². The lowest BCUT2D eigenvalue weighted by atomic mass is 10.1. The number of benzene rings is 2. The van der Waals surface area contributed by atoms with Gasteiger partial charge in [-0.1, -0.05) is 24.3 Å². The highest BCUT2D eigenvalue weighted by Gasteiger charge is 2.48. The number of nitro benzene ring substituents is 1. The van der Waals surface area contributed by atoms with E-state index in [1.54, 1.807) is 12.1 Å². The Morgan fingerprint density at radius 1 is 1.17 bits per heavy atom. The zero-order chi connectivity index (χ0) is 16.7. The van der Waals surface area contributed by atoms with Crippen LogP contribution < -0.4 is 10.6 Å². The second-order valence-electron chi connectivity index (χ2n) is 5.47. The molecule has 1 unspecified atom stereocenters. The Morgan fingerprint density at radius 3 is 2.71 bits per heavy atom. The third-order valence-electron chi connectivity index (χ3n) is 3.93. The molecule has 1 atom stereocenters. The molecule has 4 rings (SSSR count). The smallest absolute Gasteiger partial charge is 0.294 e. The predicted molar refractivity (Wildman–Crippen MR) is 87.0 cm³/mol. The molecule has 0 radical (unpaired) electrons. The van der Waals surface area contributed by atoms with Crippen LogP contribution in [0.4, 0.5) is 17.1 Å². The minimum absolute atomic E-state index is 0.00515. The summed E-state index contributed by atoms with van der Waals surface area (Å²) in [5.41, 5.74) is -0.164. The maximum Gasteiger partial charge on any atom is 0.294 e. The molecule has 0 saturated carbocycles. The van der Waals surface area contributed by atoms with Gasteiger partial charge in [0.05, 0.1) is 10.6 Å². The number of aliphatic imine (C=N–C) groups is 1. The van der Waals surface area contributed by atoms with E-state index in [-0.39, 0.29) is 18.0 Å². The number of fused-ring (bicyclic) bond motifs is 1. The van der Waals surface area contributed by atoms with E-state index in [0.29, 0.717) is 11.6 Å². The van der Waals surface area contributed by atoms with Crippen molar-refractivity contribution in [1.29, 1.82) is 0 Å². The number of amides is 1.